The van der Waals surface area contributed by atoms with Crippen LogP contribution in [0, 0.1) is 0 Å². The standard InChI is InChI=1S/C18H18N2O5S/c1-26(22,23)20-8-2-3-12-9-14(5-6-15(12)20)19-18(21)13-4-7-16-17(10-13)25-11-24-16/h4-7,9-10H,2-3,8,11H2,1H3,(H,19,21). The van der Waals surface area contributed by atoms with Gasteiger partial charge in [0.1, 0.15) is 0 Å². The van der Waals surface area contributed by atoms with Gasteiger partial charge in [-0.3, -0.25) is 9.10 Å². The summed E-state index contributed by atoms with van der Waals surface area (Å²) in [5.74, 6) is 0.905. The molecule has 0 radical (unpaired) electrons. The molecule has 0 bridgehead atoms. The number of ether oxygens (including phenoxy) is 2. The van der Waals surface area contributed by atoms with E-state index in [1.165, 1.54) is 10.6 Å². The molecule has 2 aromatic rings. The average molecular weight is 374 g/mol. The number of rotatable bonds is 3. The minimum Gasteiger partial charge on any atom is -0.454 e. The molecule has 136 valence electrons. The zero-order valence-electron chi connectivity index (χ0n) is 14.2. The molecule has 2 aromatic carbocycles. The SMILES string of the molecule is CS(=O)(=O)N1CCCc2cc(NC(=O)c3ccc4c(c3)OCO4)ccc21. The van der Waals surface area contributed by atoms with Gasteiger partial charge >= 0.3 is 0 Å². The topological polar surface area (TPSA) is 84.9 Å². The maximum Gasteiger partial charge on any atom is 0.255 e. The number of fused-ring (bicyclic) bond motifs is 2. The van der Waals surface area contributed by atoms with Gasteiger partial charge in [0.15, 0.2) is 11.5 Å². The zero-order chi connectivity index (χ0) is 18.3. The van der Waals surface area contributed by atoms with Crippen LogP contribution in [0.15, 0.2) is 36.4 Å². The number of aryl methyl sites for hydroxylation is 1. The first-order chi connectivity index (χ1) is 12.4. The van der Waals surface area contributed by atoms with Crippen LogP contribution in [0.25, 0.3) is 0 Å². The molecule has 2 aliphatic rings. The number of hydrogen-bond donors (Lipinski definition) is 1. The maximum absolute atomic E-state index is 12.5. The zero-order valence-corrected chi connectivity index (χ0v) is 15.0. The fourth-order valence-corrected chi connectivity index (χ4v) is 4.22. The normalized spacial score (nSPS) is 15.5. The molecule has 0 atom stereocenters. The Bertz CT molecular complexity index is 987. The van der Waals surface area contributed by atoms with Crippen LogP contribution in [-0.2, 0) is 16.4 Å². The van der Waals surface area contributed by atoms with E-state index < -0.39 is 10.0 Å². The van der Waals surface area contributed by atoms with Gasteiger partial charge in [0.25, 0.3) is 5.91 Å². The molecule has 0 saturated carbocycles. The number of carbonyl (C=O) groups is 1. The van der Waals surface area contributed by atoms with Gasteiger partial charge in [-0.1, -0.05) is 0 Å². The lowest BCUT2D eigenvalue weighted by molar-refractivity contribution is 0.102. The van der Waals surface area contributed by atoms with Crippen molar-refractivity contribution in [2.75, 3.05) is 29.2 Å². The summed E-state index contributed by atoms with van der Waals surface area (Å²) < 4.78 is 35.8. The molecule has 4 rings (SSSR count). The second-order valence-corrected chi connectivity index (χ2v) is 8.21. The van der Waals surface area contributed by atoms with E-state index in [0.29, 0.717) is 35.0 Å². The van der Waals surface area contributed by atoms with Crippen molar-refractivity contribution < 1.29 is 22.7 Å². The van der Waals surface area contributed by atoms with Gasteiger partial charge < -0.3 is 14.8 Å². The molecule has 0 unspecified atom stereocenters. The van der Waals surface area contributed by atoms with Gasteiger partial charge in [0.05, 0.1) is 11.9 Å². The number of anilines is 2. The van der Waals surface area contributed by atoms with Gasteiger partial charge in [-0.25, -0.2) is 8.42 Å². The van der Waals surface area contributed by atoms with E-state index in [0.717, 1.165) is 18.4 Å². The lowest BCUT2D eigenvalue weighted by Gasteiger charge is -2.29. The van der Waals surface area contributed by atoms with E-state index in [2.05, 4.69) is 5.32 Å². The fourth-order valence-electron chi connectivity index (χ4n) is 3.23. The largest absolute Gasteiger partial charge is 0.454 e. The molecular weight excluding hydrogens is 356 g/mol. The summed E-state index contributed by atoms with van der Waals surface area (Å²) in [4.78, 5) is 12.5. The predicted octanol–water partition coefficient (Wildman–Crippen LogP) is 2.38. The summed E-state index contributed by atoms with van der Waals surface area (Å²) in [6.45, 7) is 0.636. The summed E-state index contributed by atoms with van der Waals surface area (Å²) in [6.07, 6.45) is 2.73. The van der Waals surface area contributed by atoms with E-state index >= 15 is 0 Å². The van der Waals surface area contributed by atoms with Gasteiger partial charge in [-0.05, 0) is 54.8 Å². The number of nitrogens with zero attached hydrogens (tertiary/aromatic N) is 1. The maximum atomic E-state index is 12.5. The number of amides is 1. The molecule has 0 saturated heterocycles. The number of hydrogen-bond acceptors (Lipinski definition) is 5. The van der Waals surface area contributed by atoms with Crippen LogP contribution in [0.4, 0.5) is 11.4 Å². The highest BCUT2D eigenvalue weighted by molar-refractivity contribution is 7.92. The fraction of sp³-hybridized carbons (Fsp3) is 0.278. The second kappa shape index (κ2) is 6.21. The molecule has 26 heavy (non-hydrogen) atoms. The van der Waals surface area contributed by atoms with Crippen molar-refractivity contribution in [1.82, 2.24) is 0 Å². The van der Waals surface area contributed by atoms with Crippen LogP contribution >= 0.6 is 0 Å². The lowest BCUT2D eigenvalue weighted by atomic mass is 10.0. The van der Waals surface area contributed by atoms with Crippen molar-refractivity contribution in [3.8, 4) is 11.5 Å². The Labute approximate surface area is 151 Å². The van der Waals surface area contributed by atoms with Crippen LogP contribution in [0.1, 0.15) is 22.3 Å². The van der Waals surface area contributed by atoms with Crippen LogP contribution < -0.4 is 19.1 Å². The first-order valence-electron chi connectivity index (χ1n) is 8.23. The molecular formula is C18H18N2O5S. The molecule has 2 aliphatic heterocycles. The number of sulfonamides is 1. The van der Waals surface area contributed by atoms with E-state index in [1.807, 2.05) is 6.07 Å². The Balaban J connectivity index is 1.57. The van der Waals surface area contributed by atoms with Crippen molar-refractivity contribution in [1.29, 1.82) is 0 Å². The van der Waals surface area contributed by atoms with Crippen molar-refractivity contribution in [3.05, 3.63) is 47.5 Å². The van der Waals surface area contributed by atoms with Crippen molar-refractivity contribution in [3.63, 3.8) is 0 Å². The first kappa shape index (κ1) is 16.7. The lowest BCUT2D eigenvalue weighted by Crippen LogP contribution is -2.34. The minimum atomic E-state index is -3.30. The highest BCUT2D eigenvalue weighted by atomic mass is 32.2. The molecule has 7 nitrogen and oxygen atoms in total. The van der Waals surface area contributed by atoms with E-state index in [1.54, 1.807) is 30.3 Å². The van der Waals surface area contributed by atoms with Crippen LogP contribution in [0.5, 0.6) is 11.5 Å². The minimum absolute atomic E-state index is 0.155. The third kappa shape index (κ3) is 3.08. The summed E-state index contributed by atoms with van der Waals surface area (Å²) in [7, 11) is -3.30. The number of nitrogens with one attached hydrogen (secondary N) is 1. The van der Waals surface area contributed by atoms with Crippen LogP contribution in [0.3, 0.4) is 0 Å². The monoisotopic (exact) mass is 374 g/mol. The summed E-state index contributed by atoms with van der Waals surface area (Å²) in [6, 6.07) is 10.3. The molecule has 0 aliphatic carbocycles. The average Bonchev–Trinajstić information content (AvgIpc) is 3.07. The first-order valence-corrected chi connectivity index (χ1v) is 10.1. The Hall–Kier alpha value is -2.74. The Morgan fingerprint density at radius 2 is 1.92 bits per heavy atom. The number of benzene rings is 2. The molecule has 8 heteroatoms. The molecule has 1 amide bonds. The van der Waals surface area contributed by atoms with Crippen molar-refractivity contribution in [2.45, 2.75) is 12.8 Å². The van der Waals surface area contributed by atoms with Crippen LogP contribution in [-0.4, -0.2) is 33.9 Å². The van der Waals surface area contributed by atoms with Crippen LogP contribution in [0.2, 0.25) is 0 Å². The van der Waals surface area contributed by atoms with E-state index in [-0.39, 0.29) is 12.7 Å². The van der Waals surface area contributed by atoms with Gasteiger partial charge in [-0.15, -0.1) is 0 Å². The highest BCUT2D eigenvalue weighted by Crippen LogP contribution is 2.34. The predicted molar refractivity (Wildman–Crippen MR) is 97.5 cm³/mol. The Kier molecular flexibility index (Phi) is 3.99. The Morgan fingerprint density at radius 3 is 2.73 bits per heavy atom. The molecule has 0 spiro atoms. The van der Waals surface area contributed by atoms with E-state index in [4.69, 9.17) is 9.47 Å². The number of carbonyl (C=O) groups excluding carboxylic acids is 1. The molecule has 0 fully saturated rings. The third-order valence-corrected chi connectivity index (χ3v) is 5.63. The van der Waals surface area contributed by atoms with Gasteiger partial charge in [0, 0.05) is 17.8 Å². The summed E-state index contributed by atoms with van der Waals surface area (Å²) in [5.41, 5.74) is 2.68. The smallest absolute Gasteiger partial charge is 0.255 e. The summed E-state index contributed by atoms with van der Waals surface area (Å²) >= 11 is 0. The highest BCUT2D eigenvalue weighted by Gasteiger charge is 2.24. The van der Waals surface area contributed by atoms with Gasteiger partial charge in [-0.2, -0.15) is 0 Å². The van der Waals surface area contributed by atoms with E-state index in [9.17, 15) is 13.2 Å². The van der Waals surface area contributed by atoms with Gasteiger partial charge in [0.2, 0.25) is 16.8 Å². The quantitative estimate of drug-likeness (QED) is 0.892. The Morgan fingerprint density at radius 1 is 1.12 bits per heavy atom. The van der Waals surface area contributed by atoms with Crippen molar-refractivity contribution in [2.24, 2.45) is 0 Å². The van der Waals surface area contributed by atoms with Crippen molar-refractivity contribution >= 4 is 27.3 Å². The molecule has 2 heterocycles. The second-order valence-electron chi connectivity index (χ2n) is 6.30. The molecule has 0 aromatic heterocycles. The third-order valence-electron chi connectivity index (χ3n) is 4.45. The summed E-state index contributed by atoms with van der Waals surface area (Å²) in [5, 5.41) is 2.85. The molecule has 1 N–H and O–H groups in total.